The number of aromatic nitrogens is 2. The number of hydrogen-bond donors (Lipinski definition) is 3. The summed E-state index contributed by atoms with van der Waals surface area (Å²) in [6.07, 6.45) is 5.07. The van der Waals surface area contributed by atoms with Gasteiger partial charge in [0.05, 0.1) is 0 Å². The van der Waals surface area contributed by atoms with E-state index in [1.54, 1.807) is 0 Å². The van der Waals surface area contributed by atoms with Gasteiger partial charge in [-0.1, -0.05) is 26.7 Å². The van der Waals surface area contributed by atoms with Crippen LogP contribution in [-0.4, -0.2) is 33.9 Å². The van der Waals surface area contributed by atoms with E-state index in [1.165, 1.54) is 0 Å². The van der Waals surface area contributed by atoms with Crippen LogP contribution in [0.25, 0.3) is 0 Å². The molecule has 0 saturated heterocycles. The number of aliphatic hydroxyl groups is 1. The Balaban J connectivity index is 1.95. The summed E-state index contributed by atoms with van der Waals surface area (Å²) in [5.74, 6) is 0.576. The second-order valence-electron chi connectivity index (χ2n) is 6.18. The normalized spacial score (nSPS) is 23.0. The number of aliphatic hydroxyl groups excluding tert-OH is 1. The van der Waals surface area contributed by atoms with Gasteiger partial charge in [-0.05, 0) is 31.2 Å². The Kier molecular flexibility index (Phi) is 5.17. The summed E-state index contributed by atoms with van der Waals surface area (Å²) in [6.45, 7) is 4.41. The Morgan fingerprint density at radius 3 is 2.95 bits per heavy atom. The number of carbonyl (C=O) groups is 1. The minimum absolute atomic E-state index is 0.0755. The van der Waals surface area contributed by atoms with Crippen molar-refractivity contribution >= 4 is 5.91 Å². The van der Waals surface area contributed by atoms with Crippen molar-refractivity contribution < 1.29 is 9.90 Å². The number of carbonyl (C=O) groups excluding carboxylic acids is 1. The zero-order valence-electron chi connectivity index (χ0n) is 12.4. The van der Waals surface area contributed by atoms with Crippen molar-refractivity contribution in [2.45, 2.75) is 52.0 Å². The molecule has 1 saturated carbocycles. The first kappa shape index (κ1) is 15.0. The minimum Gasteiger partial charge on any atom is -0.396 e. The number of hydrogen-bond acceptors (Lipinski definition) is 3. The molecule has 1 amide bonds. The summed E-state index contributed by atoms with van der Waals surface area (Å²) >= 11 is 0. The molecule has 3 N–H and O–H groups in total. The molecule has 5 nitrogen and oxygen atoms in total. The van der Waals surface area contributed by atoms with E-state index in [4.69, 9.17) is 0 Å². The van der Waals surface area contributed by atoms with Crippen LogP contribution in [0.3, 0.4) is 0 Å². The van der Waals surface area contributed by atoms with Gasteiger partial charge in [0.15, 0.2) is 0 Å². The van der Waals surface area contributed by atoms with Crippen LogP contribution in [0.4, 0.5) is 0 Å². The van der Waals surface area contributed by atoms with Crippen molar-refractivity contribution in [1.82, 2.24) is 15.5 Å². The highest BCUT2D eigenvalue weighted by molar-refractivity contribution is 5.92. The van der Waals surface area contributed by atoms with E-state index >= 15 is 0 Å². The van der Waals surface area contributed by atoms with Crippen LogP contribution >= 0.6 is 0 Å². The molecule has 2 atom stereocenters. The molecule has 1 aliphatic carbocycles. The lowest BCUT2D eigenvalue weighted by Crippen LogP contribution is -2.43. The van der Waals surface area contributed by atoms with Crippen LogP contribution in [0.15, 0.2) is 6.07 Å². The molecule has 0 bridgehead atoms. The molecule has 1 aliphatic rings. The summed E-state index contributed by atoms with van der Waals surface area (Å²) in [6, 6.07) is 1.90. The molecule has 1 aromatic heterocycles. The fraction of sp³-hybridized carbons (Fsp3) is 0.733. The van der Waals surface area contributed by atoms with Crippen molar-refractivity contribution in [1.29, 1.82) is 0 Å². The van der Waals surface area contributed by atoms with E-state index in [-0.39, 0.29) is 24.5 Å². The van der Waals surface area contributed by atoms with Crippen LogP contribution in [0.5, 0.6) is 0 Å². The van der Waals surface area contributed by atoms with Crippen LogP contribution < -0.4 is 5.32 Å². The van der Waals surface area contributed by atoms with Crippen LogP contribution in [0.1, 0.15) is 55.7 Å². The second kappa shape index (κ2) is 6.88. The van der Waals surface area contributed by atoms with Gasteiger partial charge < -0.3 is 10.4 Å². The zero-order chi connectivity index (χ0) is 14.5. The SMILES string of the molecule is CC(C)Cc1cc(C(=O)NC2CCCCC2CO)n[nH]1. The highest BCUT2D eigenvalue weighted by Crippen LogP contribution is 2.24. The van der Waals surface area contributed by atoms with Crippen molar-refractivity contribution in [2.75, 3.05) is 6.61 Å². The Morgan fingerprint density at radius 1 is 1.50 bits per heavy atom. The molecule has 0 aliphatic heterocycles. The van der Waals surface area contributed by atoms with Crippen molar-refractivity contribution in [2.24, 2.45) is 11.8 Å². The summed E-state index contributed by atoms with van der Waals surface area (Å²) in [5.41, 5.74) is 1.44. The lowest BCUT2D eigenvalue weighted by atomic mass is 9.85. The molecule has 5 heteroatoms. The van der Waals surface area contributed by atoms with Gasteiger partial charge in [0.25, 0.3) is 5.91 Å². The first-order valence-electron chi connectivity index (χ1n) is 7.56. The molecular formula is C15H25N3O2. The van der Waals surface area contributed by atoms with Crippen LogP contribution in [0, 0.1) is 11.8 Å². The lowest BCUT2D eigenvalue weighted by Gasteiger charge is -2.30. The monoisotopic (exact) mass is 279 g/mol. The molecule has 2 unspecified atom stereocenters. The topological polar surface area (TPSA) is 78.0 Å². The quantitative estimate of drug-likeness (QED) is 0.770. The van der Waals surface area contributed by atoms with Gasteiger partial charge in [0.2, 0.25) is 0 Å². The fourth-order valence-corrected chi connectivity index (χ4v) is 2.88. The van der Waals surface area contributed by atoms with Crippen molar-refractivity contribution in [3.63, 3.8) is 0 Å². The van der Waals surface area contributed by atoms with Gasteiger partial charge in [-0.25, -0.2) is 0 Å². The van der Waals surface area contributed by atoms with Gasteiger partial charge >= 0.3 is 0 Å². The molecule has 0 spiro atoms. The summed E-state index contributed by atoms with van der Waals surface area (Å²) < 4.78 is 0. The molecule has 1 fully saturated rings. The largest absolute Gasteiger partial charge is 0.396 e. The Hall–Kier alpha value is -1.36. The number of nitrogens with zero attached hydrogens (tertiary/aromatic N) is 1. The third kappa shape index (κ3) is 3.82. The van der Waals surface area contributed by atoms with E-state index in [2.05, 4.69) is 29.4 Å². The molecule has 0 radical (unpaired) electrons. The summed E-state index contributed by atoms with van der Waals surface area (Å²) in [5, 5.41) is 19.4. The maximum absolute atomic E-state index is 12.2. The highest BCUT2D eigenvalue weighted by atomic mass is 16.3. The average Bonchev–Trinajstić information content (AvgIpc) is 2.87. The van der Waals surface area contributed by atoms with Gasteiger partial charge in [-0.3, -0.25) is 9.89 Å². The molecule has 1 heterocycles. The maximum Gasteiger partial charge on any atom is 0.272 e. The van der Waals surface area contributed by atoms with E-state index in [0.29, 0.717) is 11.6 Å². The maximum atomic E-state index is 12.2. The number of H-pyrrole nitrogens is 1. The van der Waals surface area contributed by atoms with Crippen LogP contribution in [0.2, 0.25) is 0 Å². The molecule has 112 valence electrons. The third-order valence-corrected chi connectivity index (χ3v) is 3.95. The van der Waals surface area contributed by atoms with Gasteiger partial charge in [-0.2, -0.15) is 5.10 Å². The zero-order valence-corrected chi connectivity index (χ0v) is 12.4. The average molecular weight is 279 g/mol. The number of amides is 1. The molecule has 2 rings (SSSR count). The fourth-order valence-electron chi connectivity index (χ4n) is 2.88. The first-order valence-corrected chi connectivity index (χ1v) is 7.56. The van der Waals surface area contributed by atoms with E-state index in [9.17, 15) is 9.90 Å². The second-order valence-corrected chi connectivity index (χ2v) is 6.18. The molecular weight excluding hydrogens is 254 g/mol. The van der Waals surface area contributed by atoms with E-state index in [1.807, 2.05) is 6.07 Å². The third-order valence-electron chi connectivity index (χ3n) is 3.95. The Morgan fingerprint density at radius 2 is 2.25 bits per heavy atom. The lowest BCUT2D eigenvalue weighted by molar-refractivity contribution is 0.0867. The van der Waals surface area contributed by atoms with Crippen molar-refractivity contribution in [3.8, 4) is 0 Å². The standard InChI is InChI=1S/C15H25N3O2/c1-10(2)7-12-8-14(18-17-12)15(20)16-13-6-4-3-5-11(13)9-19/h8,10-11,13,19H,3-7,9H2,1-2H3,(H,16,20)(H,17,18). The molecule has 20 heavy (non-hydrogen) atoms. The van der Waals surface area contributed by atoms with E-state index in [0.717, 1.165) is 37.8 Å². The molecule has 1 aromatic rings. The number of rotatable bonds is 5. The predicted molar refractivity (Wildman–Crippen MR) is 77.4 cm³/mol. The Labute approximate surface area is 120 Å². The molecule has 0 aromatic carbocycles. The van der Waals surface area contributed by atoms with Gasteiger partial charge in [0.1, 0.15) is 5.69 Å². The summed E-state index contributed by atoms with van der Waals surface area (Å²) in [7, 11) is 0. The van der Waals surface area contributed by atoms with Crippen LogP contribution in [-0.2, 0) is 6.42 Å². The smallest absolute Gasteiger partial charge is 0.272 e. The van der Waals surface area contributed by atoms with Crippen molar-refractivity contribution in [3.05, 3.63) is 17.5 Å². The number of aromatic amines is 1. The highest BCUT2D eigenvalue weighted by Gasteiger charge is 2.26. The van der Waals surface area contributed by atoms with E-state index < -0.39 is 0 Å². The van der Waals surface area contributed by atoms with Gasteiger partial charge in [0, 0.05) is 24.3 Å². The minimum atomic E-state index is -0.137. The van der Waals surface area contributed by atoms with Gasteiger partial charge in [-0.15, -0.1) is 0 Å². The Bertz CT molecular complexity index is 442. The first-order chi connectivity index (χ1) is 9.60. The number of nitrogens with one attached hydrogen (secondary N) is 2. The predicted octanol–water partition coefficient (Wildman–Crippen LogP) is 1.89. The summed E-state index contributed by atoms with van der Waals surface area (Å²) in [4.78, 5) is 12.2.